The number of unbranched alkanes of at least 4 members (excludes halogenated alkanes) is 4. The summed E-state index contributed by atoms with van der Waals surface area (Å²) in [5.74, 6) is 0.630. The molecular formula is C57H93N7. The van der Waals surface area contributed by atoms with Crippen molar-refractivity contribution in [2.45, 2.75) is 168 Å². The van der Waals surface area contributed by atoms with Crippen LogP contribution in [0.25, 0.3) is 11.4 Å². The van der Waals surface area contributed by atoms with Gasteiger partial charge in [0.05, 0.1) is 34.9 Å². The van der Waals surface area contributed by atoms with Crippen molar-refractivity contribution in [1.29, 1.82) is 15.8 Å². The SMILES string of the molecule is C=C.C=CC.CC.CCC.CCC.CCC.CCCC.CCCC.CCCCC.N#Cc1ccccc1.N#Cc1ccccc1.N#Cc1ccccc1.c1ccc(-c2nn[nH]n2)cc1. The number of aromatic nitrogens is 4. The number of tetrazole rings is 1. The second-order valence-corrected chi connectivity index (χ2v) is 12.4. The summed E-state index contributed by atoms with van der Waals surface area (Å²) in [5, 5.41) is 38.4. The average molecular weight is 876 g/mol. The monoisotopic (exact) mass is 876 g/mol. The van der Waals surface area contributed by atoms with Crippen molar-refractivity contribution in [3.05, 3.63) is 164 Å². The molecule has 0 saturated heterocycles. The predicted molar refractivity (Wildman–Crippen MR) is 286 cm³/mol. The van der Waals surface area contributed by atoms with E-state index in [1.807, 2.05) is 124 Å². The fourth-order valence-corrected chi connectivity index (χ4v) is 2.76. The molecule has 1 N–H and O–H groups in total. The Hall–Kier alpha value is -6.10. The van der Waals surface area contributed by atoms with Gasteiger partial charge in [-0.2, -0.15) is 21.0 Å². The molecule has 356 valence electrons. The molecular weight excluding hydrogens is 783 g/mol. The zero-order valence-corrected chi connectivity index (χ0v) is 43.5. The van der Waals surface area contributed by atoms with Crippen molar-refractivity contribution in [2.75, 3.05) is 0 Å². The van der Waals surface area contributed by atoms with Crippen LogP contribution in [0.4, 0.5) is 0 Å². The van der Waals surface area contributed by atoms with Gasteiger partial charge in [-0.3, -0.25) is 0 Å². The molecule has 1 heterocycles. The van der Waals surface area contributed by atoms with Gasteiger partial charge in [0.2, 0.25) is 5.82 Å². The second kappa shape index (κ2) is 80.8. The topological polar surface area (TPSA) is 126 Å². The Morgan fingerprint density at radius 1 is 0.469 bits per heavy atom. The highest BCUT2D eigenvalue weighted by molar-refractivity contribution is 5.52. The Morgan fingerprint density at radius 3 is 0.844 bits per heavy atom. The van der Waals surface area contributed by atoms with Crippen LogP contribution in [0, 0.1) is 34.0 Å². The van der Waals surface area contributed by atoms with E-state index in [-0.39, 0.29) is 0 Å². The Bertz CT molecular complexity index is 1440. The Kier molecular flexibility index (Phi) is 95.1. The van der Waals surface area contributed by atoms with E-state index in [0.717, 1.165) is 5.56 Å². The van der Waals surface area contributed by atoms with Crippen LogP contribution in [0.5, 0.6) is 0 Å². The number of nitrogens with one attached hydrogen (secondary N) is 1. The van der Waals surface area contributed by atoms with E-state index < -0.39 is 0 Å². The average Bonchev–Trinajstić information content (AvgIpc) is 3.92. The van der Waals surface area contributed by atoms with Crippen molar-refractivity contribution < 1.29 is 0 Å². The number of hydrogen-bond acceptors (Lipinski definition) is 6. The summed E-state index contributed by atoms with van der Waals surface area (Å²) in [7, 11) is 0. The highest BCUT2D eigenvalue weighted by atomic mass is 15.5. The Balaban J connectivity index is -0.0000000920. The number of benzene rings is 4. The van der Waals surface area contributed by atoms with Crippen molar-refractivity contribution in [3.63, 3.8) is 0 Å². The van der Waals surface area contributed by atoms with Gasteiger partial charge in [0.1, 0.15) is 0 Å². The lowest BCUT2D eigenvalue weighted by Gasteiger charge is -1.89. The van der Waals surface area contributed by atoms with E-state index in [1.165, 1.54) is 64.2 Å². The number of nitriles is 3. The number of allylic oxidation sites excluding steroid dienone is 1. The van der Waals surface area contributed by atoms with E-state index in [2.05, 4.69) is 123 Å². The number of rotatable bonds is 5. The van der Waals surface area contributed by atoms with Crippen LogP contribution in [0.15, 0.2) is 147 Å². The Labute approximate surface area is 396 Å². The lowest BCUT2D eigenvalue weighted by atomic mass is 10.2. The molecule has 64 heavy (non-hydrogen) atoms. The van der Waals surface area contributed by atoms with Crippen LogP contribution in [-0.4, -0.2) is 20.6 Å². The summed E-state index contributed by atoms with van der Waals surface area (Å²) in [6, 6.07) is 43.2. The summed E-state index contributed by atoms with van der Waals surface area (Å²) < 4.78 is 0. The molecule has 0 saturated carbocycles. The van der Waals surface area contributed by atoms with Crippen molar-refractivity contribution in [3.8, 4) is 29.6 Å². The highest BCUT2D eigenvalue weighted by Gasteiger charge is 1.98. The van der Waals surface area contributed by atoms with E-state index in [0.29, 0.717) is 22.5 Å². The summed E-state index contributed by atoms with van der Waals surface area (Å²) in [6.45, 7) is 41.1. The molecule has 0 bridgehead atoms. The number of hydrogen-bond donors (Lipinski definition) is 1. The predicted octanol–water partition coefficient (Wildman–Crippen LogP) is 18.6. The molecule has 0 unspecified atom stereocenters. The maximum absolute atomic E-state index is 8.29. The third-order valence-electron chi connectivity index (χ3n) is 5.79. The second-order valence-electron chi connectivity index (χ2n) is 12.4. The van der Waals surface area contributed by atoms with Gasteiger partial charge in [0.25, 0.3) is 0 Å². The number of nitrogens with zero attached hydrogens (tertiary/aromatic N) is 6. The zero-order chi connectivity index (χ0) is 50.8. The van der Waals surface area contributed by atoms with Gasteiger partial charge in [-0.05, 0) is 48.5 Å². The third-order valence-corrected chi connectivity index (χ3v) is 5.79. The van der Waals surface area contributed by atoms with Gasteiger partial charge in [-0.25, -0.2) is 0 Å². The van der Waals surface area contributed by atoms with E-state index in [4.69, 9.17) is 15.8 Å². The van der Waals surface area contributed by atoms with Crippen LogP contribution in [-0.2, 0) is 0 Å². The molecule has 0 fully saturated rings. The van der Waals surface area contributed by atoms with Crippen molar-refractivity contribution in [1.82, 2.24) is 20.6 Å². The molecule has 4 aromatic carbocycles. The fraction of sp³-hybridized carbons (Fsp3) is 0.439. The molecule has 0 spiro atoms. The Morgan fingerprint density at radius 2 is 0.703 bits per heavy atom. The van der Waals surface area contributed by atoms with Crippen LogP contribution < -0.4 is 0 Å². The number of H-pyrrole nitrogens is 1. The fourth-order valence-electron chi connectivity index (χ4n) is 2.76. The van der Waals surface area contributed by atoms with Gasteiger partial charge in [0, 0.05) is 5.56 Å². The number of aromatic amines is 1. The van der Waals surface area contributed by atoms with Gasteiger partial charge in [-0.1, -0.05) is 252 Å². The minimum Gasteiger partial charge on any atom is -0.192 e. The lowest BCUT2D eigenvalue weighted by Crippen LogP contribution is -1.78. The summed E-state index contributed by atoms with van der Waals surface area (Å²) in [6.07, 6.45) is 14.9. The quantitative estimate of drug-likeness (QED) is 0.175. The van der Waals surface area contributed by atoms with Gasteiger partial charge in [0.15, 0.2) is 0 Å². The van der Waals surface area contributed by atoms with Gasteiger partial charge >= 0.3 is 0 Å². The first-order valence-corrected chi connectivity index (χ1v) is 23.4. The molecule has 0 atom stereocenters. The smallest absolute Gasteiger partial charge is 0.192 e. The normalized spacial score (nSPS) is 7.44. The molecule has 7 nitrogen and oxygen atoms in total. The first kappa shape index (κ1) is 75.3. The van der Waals surface area contributed by atoms with Crippen molar-refractivity contribution in [2.24, 2.45) is 0 Å². The molecule has 0 aliphatic carbocycles. The van der Waals surface area contributed by atoms with Crippen LogP contribution in [0.1, 0.15) is 185 Å². The molecule has 5 aromatic rings. The summed E-state index contributed by atoms with van der Waals surface area (Å²) >= 11 is 0. The maximum Gasteiger partial charge on any atom is 0.204 e. The first-order chi connectivity index (χ1) is 31.2. The van der Waals surface area contributed by atoms with Crippen LogP contribution in [0.2, 0.25) is 0 Å². The molecule has 0 aliphatic heterocycles. The molecule has 0 radical (unpaired) electrons. The van der Waals surface area contributed by atoms with Gasteiger partial charge < -0.3 is 0 Å². The van der Waals surface area contributed by atoms with E-state index in [9.17, 15) is 0 Å². The van der Waals surface area contributed by atoms with Gasteiger partial charge in [-0.15, -0.1) is 29.9 Å². The van der Waals surface area contributed by atoms with Crippen LogP contribution >= 0.6 is 0 Å². The lowest BCUT2D eigenvalue weighted by molar-refractivity contribution is 0.772. The highest BCUT2D eigenvalue weighted by Crippen LogP contribution is 2.10. The van der Waals surface area contributed by atoms with Crippen molar-refractivity contribution >= 4 is 0 Å². The molecule has 0 amide bonds. The van der Waals surface area contributed by atoms with Crippen LogP contribution in [0.3, 0.4) is 0 Å². The minimum atomic E-state index is 0.630. The van der Waals surface area contributed by atoms with E-state index >= 15 is 0 Å². The summed E-state index contributed by atoms with van der Waals surface area (Å²) in [4.78, 5) is 0. The minimum absolute atomic E-state index is 0.630. The third kappa shape index (κ3) is 76.6. The molecule has 7 heteroatoms. The maximum atomic E-state index is 8.29. The summed E-state index contributed by atoms with van der Waals surface area (Å²) in [5.41, 5.74) is 3.12. The zero-order valence-electron chi connectivity index (χ0n) is 43.5. The standard InChI is InChI=1S/C7H6N4.3C7H5N.C5H12.2C4H10.3C3H8.C3H6.C2H6.C2H4/c1-2-4-6(5-3-1)7-8-10-11-9-7;3*8-6-7-4-2-1-3-5-7;1-3-5-4-2;2*1-3-4-2;4*1-3-2;2*1-2/h1-5H,(H,8,9,10,11);3*1-5H;3-5H2,1-2H3;2*3-4H2,1-2H3;3*3H2,1-2H3;3H,1H2,2H3;1-2H3;1-2H2. The molecule has 0 aliphatic rings. The molecule has 5 rings (SSSR count). The van der Waals surface area contributed by atoms with E-state index in [1.54, 1.807) is 42.5 Å². The first-order valence-electron chi connectivity index (χ1n) is 23.4. The largest absolute Gasteiger partial charge is 0.204 e. The molecule has 1 aromatic heterocycles.